The topological polar surface area (TPSA) is 37.0 Å². The molecule has 0 aliphatic carbocycles. The van der Waals surface area contributed by atoms with Gasteiger partial charge in [-0.05, 0) is 18.1 Å². The molecule has 0 radical (unpaired) electrons. The van der Waals surface area contributed by atoms with Gasteiger partial charge in [0.1, 0.15) is 0 Å². The van der Waals surface area contributed by atoms with Crippen molar-refractivity contribution in [2.45, 2.75) is 26.3 Å². The number of carbonyl (C=O) groups excluding carboxylic acids is 1. The highest BCUT2D eigenvalue weighted by atomic mass is 35.5. The molecular formula is C15H14ClN3O. The summed E-state index contributed by atoms with van der Waals surface area (Å²) in [7, 11) is 0. The second-order valence-electron chi connectivity index (χ2n) is 5.36. The van der Waals surface area contributed by atoms with Crippen LogP contribution in [-0.4, -0.2) is 29.1 Å². The van der Waals surface area contributed by atoms with Crippen LogP contribution in [0.4, 0.5) is 5.69 Å². The van der Waals surface area contributed by atoms with Gasteiger partial charge >= 0.3 is 0 Å². The Balaban J connectivity index is 2.03. The van der Waals surface area contributed by atoms with E-state index in [4.69, 9.17) is 18.2 Å². The Bertz CT molecular complexity index is 674. The third-order valence-corrected chi connectivity index (χ3v) is 4.64. The molecule has 5 heteroatoms. The highest BCUT2D eigenvalue weighted by molar-refractivity contribution is 6.34. The molecule has 1 saturated heterocycles. The van der Waals surface area contributed by atoms with Crippen LogP contribution >= 0.6 is 11.6 Å². The van der Waals surface area contributed by atoms with E-state index in [9.17, 15) is 4.79 Å². The molecule has 2 heterocycles. The number of hydrogen-bond acceptors (Lipinski definition) is 3. The number of fused-ring (bicyclic) bond motifs is 1. The van der Waals surface area contributed by atoms with Crippen LogP contribution in [0.3, 0.4) is 0 Å². The van der Waals surface area contributed by atoms with Gasteiger partial charge in [-0.2, -0.15) is 5.10 Å². The smallest absolute Gasteiger partial charge is 0.205 e. The van der Waals surface area contributed by atoms with E-state index in [0.29, 0.717) is 23.7 Å². The first-order valence-electron chi connectivity index (χ1n) is 6.56. The lowest BCUT2D eigenvalue weighted by Crippen LogP contribution is -2.26. The average Bonchev–Trinajstić information content (AvgIpc) is 2.92. The first-order valence-corrected chi connectivity index (χ1v) is 6.94. The Hall–Kier alpha value is -1.86. The van der Waals surface area contributed by atoms with Gasteiger partial charge in [-0.15, -0.1) is 0 Å². The van der Waals surface area contributed by atoms with Crippen molar-refractivity contribution in [2.75, 3.05) is 6.54 Å². The molecule has 0 spiro atoms. The van der Waals surface area contributed by atoms with Crippen LogP contribution in [0.5, 0.6) is 0 Å². The van der Waals surface area contributed by atoms with E-state index in [0.717, 1.165) is 16.8 Å². The van der Waals surface area contributed by atoms with Crippen molar-refractivity contribution >= 4 is 28.8 Å². The number of halogens is 1. The normalized spacial score (nSPS) is 24.6. The number of hydrogen-bond donors (Lipinski definition) is 0. The van der Waals surface area contributed by atoms with E-state index in [1.165, 1.54) is 0 Å². The molecule has 2 aliphatic rings. The van der Waals surface area contributed by atoms with Gasteiger partial charge in [0.2, 0.25) is 5.69 Å². The zero-order valence-electron chi connectivity index (χ0n) is 11.4. The van der Waals surface area contributed by atoms with Crippen LogP contribution in [0.1, 0.15) is 24.5 Å². The second kappa shape index (κ2) is 4.60. The van der Waals surface area contributed by atoms with Gasteiger partial charge in [-0.3, -0.25) is 9.80 Å². The van der Waals surface area contributed by atoms with Crippen molar-refractivity contribution in [1.82, 2.24) is 5.01 Å². The number of benzene rings is 1. The Kier molecular flexibility index (Phi) is 3.02. The maximum absolute atomic E-state index is 11.5. The summed E-state index contributed by atoms with van der Waals surface area (Å²) in [5.41, 5.74) is 3.31. The van der Waals surface area contributed by atoms with E-state index >= 15 is 0 Å². The molecule has 0 bridgehead atoms. The van der Waals surface area contributed by atoms with E-state index in [1.807, 2.05) is 18.0 Å². The van der Waals surface area contributed by atoms with Crippen molar-refractivity contribution < 1.29 is 4.79 Å². The van der Waals surface area contributed by atoms with E-state index in [-0.39, 0.29) is 17.7 Å². The number of ketones is 1. The van der Waals surface area contributed by atoms with Gasteiger partial charge in [0, 0.05) is 12.3 Å². The standard InChI is InChI=1S/C15H14ClN3O/c1-8-11(4-5-12(17-3)14(8)16)15-9(2)13-6-10(20)7-19(13)18-15/h4-5,9,13H,6-7H2,1-2H3/t9-,13-/m0/s1. The zero-order chi connectivity index (χ0) is 14.4. The first kappa shape index (κ1) is 13.1. The maximum Gasteiger partial charge on any atom is 0.205 e. The second-order valence-corrected chi connectivity index (χ2v) is 5.74. The van der Waals surface area contributed by atoms with Crippen LogP contribution in [0.25, 0.3) is 4.85 Å². The SMILES string of the molecule is [C-]#[N+]c1ccc(C2=NN3CC(=O)C[C@H]3[C@@H]2C)c(C)c1Cl. The summed E-state index contributed by atoms with van der Waals surface area (Å²) in [4.78, 5) is 14.9. The van der Waals surface area contributed by atoms with Crippen molar-refractivity contribution in [1.29, 1.82) is 0 Å². The molecule has 20 heavy (non-hydrogen) atoms. The van der Waals surface area contributed by atoms with Gasteiger partial charge in [0.15, 0.2) is 5.78 Å². The van der Waals surface area contributed by atoms with Crippen molar-refractivity contribution in [2.24, 2.45) is 11.0 Å². The van der Waals surface area contributed by atoms with Gasteiger partial charge in [0.05, 0.1) is 29.9 Å². The fourth-order valence-electron chi connectivity index (χ4n) is 2.99. The summed E-state index contributed by atoms with van der Waals surface area (Å²) in [5, 5.41) is 6.99. The molecule has 0 saturated carbocycles. The van der Waals surface area contributed by atoms with Crippen LogP contribution in [-0.2, 0) is 4.79 Å². The fraction of sp³-hybridized carbons (Fsp3) is 0.400. The molecule has 4 nitrogen and oxygen atoms in total. The van der Waals surface area contributed by atoms with Crippen LogP contribution < -0.4 is 0 Å². The molecule has 2 atom stereocenters. The lowest BCUT2D eigenvalue weighted by molar-refractivity contribution is -0.117. The van der Waals surface area contributed by atoms with Crippen LogP contribution in [0.15, 0.2) is 17.2 Å². The monoisotopic (exact) mass is 287 g/mol. The summed E-state index contributed by atoms with van der Waals surface area (Å²) >= 11 is 6.23. The Morgan fingerprint density at radius 2 is 2.25 bits per heavy atom. The molecular weight excluding hydrogens is 274 g/mol. The maximum atomic E-state index is 11.5. The molecule has 0 unspecified atom stereocenters. The molecule has 0 amide bonds. The Morgan fingerprint density at radius 3 is 2.90 bits per heavy atom. The number of carbonyl (C=O) groups is 1. The van der Waals surface area contributed by atoms with Gasteiger partial charge in [0.25, 0.3) is 0 Å². The largest absolute Gasteiger partial charge is 0.298 e. The summed E-state index contributed by atoms with van der Waals surface area (Å²) in [6, 6.07) is 3.83. The first-order chi connectivity index (χ1) is 9.52. The summed E-state index contributed by atoms with van der Waals surface area (Å²) in [5.74, 6) is 0.456. The van der Waals surface area contributed by atoms with Crippen LogP contribution in [0, 0.1) is 19.4 Å². The lowest BCUT2D eigenvalue weighted by Gasteiger charge is -2.16. The summed E-state index contributed by atoms with van der Waals surface area (Å²) in [6.45, 7) is 11.5. The third kappa shape index (κ3) is 1.82. The quantitative estimate of drug-likeness (QED) is 0.744. The Labute approximate surface area is 122 Å². The molecule has 1 fully saturated rings. The molecule has 1 aromatic carbocycles. The van der Waals surface area contributed by atoms with Crippen molar-refractivity contribution in [3.8, 4) is 0 Å². The molecule has 3 rings (SSSR count). The summed E-state index contributed by atoms with van der Waals surface area (Å²) in [6.07, 6.45) is 0.571. The number of rotatable bonds is 1. The van der Waals surface area contributed by atoms with Crippen molar-refractivity contribution in [3.63, 3.8) is 0 Å². The lowest BCUT2D eigenvalue weighted by atomic mass is 9.89. The van der Waals surface area contributed by atoms with Gasteiger partial charge in [-0.25, -0.2) is 4.85 Å². The highest BCUT2D eigenvalue weighted by Gasteiger charge is 2.41. The van der Waals surface area contributed by atoms with Crippen LogP contribution in [0.2, 0.25) is 5.02 Å². The van der Waals surface area contributed by atoms with E-state index in [2.05, 4.69) is 16.9 Å². The third-order valence-electron chi connectivity index (χ3n) is 4.17. The predicted octanol–water partition coefficient (Wildman–Crippen LogP) is 3.20. The van der Waals surface area contributed by atoms with E-state index < -0.39 is 0 Å². The van der Waals surface area contributed by atoms with Gasteiger partial charge in [-0.1, -0.05) is 30.7 Å². The molecule has 2 aliphatic heterocycles. The van der Waals surface area contributed by atoms with E-state index in [1.54, 1.807) is 6.07 Å². The number of nitrogens with zero attached hydrogens (tertiary/aromatic N) is 3. The molecule has 0 N–H and O–H groups in total. The molecule has 0 aromatic heterocycles. The minimum atomic E-state index is 0.177. The molecule has 102 valence electrons. The minimum Gasteiger partial charge on any atom is -0.298 e. The fourth-order valence-corrected chi connectivity index (χ4v) is 3.20. The van der Waals surface area contributed by atoms with Crippen molar-refractivity contribution in [3.05, 3.63) is 39.7 Å². The summed E-state index contributed by atoms with van der Waals surface area (Å²) < 4.78 is 0. The van der Waals surface area contributed by atoms with Gasteiger partial charge < -0.3 is 0 Å². The average molecular weight is 288 g/mol. The Morgan fingerprint density at radius 1 is 1.50 bits per heavy atom. The molecule has 1 aromatic rings. The predicted molar refractivity (Wildman–Crippen MR) is 78.3 cm³/mol. The number of Topliss-reactive ketones (excluding diaryl/α,β-unsaturated/α-hetero) is 1. The minimum absolute atomic E-state index is 0.177. The highest BCUT2D eigenvalue weighted by Crippen LogP contribution is 2.36. The zero-order valence-corrected chi connectivity index (χ0v) is 12.1. The number of hydrazone groups is 1.